The summed E-state index contributed by atoms with van der Waals surface area (Å²) in [5.74, 6) is 0.124. The Hall–Kier alpha value is -2.05. The van der Waals surface area contributed by atoms with Gasteiger partial charge in [-0.15, -0.1) is 12.4 Å². The number of amides is 2. The summed E-state index contributed by atoms with van der Waals surface area (Å²) in [5.41, 5.74) is 7.54. The van der Waals surface area contributed by atoms with Crippen LogP contribution >= 0.6 is 12.4 Å². The van der Waals surface area contributed by atoms with E-state index in [1.54, 1.807) is 0 Å². The molecule has 0 saturated carbocycles. The average molecular weight is 368 g/mol. The normalized spacial score (nSPS) is 13.2. The summed E-state index contributed by atoms with van der Waals surface area (Å²) in [6.45, 7) is 7.42. The Bertz CT molecular complexity index is 742. The molecule has 1 aromatic carbocycles. The zero-order chi connectivity index (χ0) is 17.9. The third-order valence-electron chi connectivity index (χ3n) is 4.10. The number of hydrogen-bond acceptors (Lipinski definition) is 4. The van der Waals surface area contributed by atoms with E-state index in [9.17, 15) is 9.59 Å². The molecule has 1 heterocycles. The summed E-state index contributed by atoms with van der Waals surface area (Å²) in [7, 11) is 0. The van der Waals surface area contributed by atoms with Gasteiger partial charge in [-0.25, -0.2) is 0 Å². The molecule has 138 valence electrons. The highest BCUT2D eigenvalue weighted by molar-refractivity contribution is 5.88. The molecular weight excluding hydrogens is 342 g/mol. The first-order valence-corrected chi connectivity index (χ1v) is 8.12. The van der Waals surface area contributed by atoms with Crippen LogP contribution in [0.1, 0.15) is 38.1 Å². The van der Waals surface area contributed by atoms with Crippen LogP contribution in [0.3, 0.4) is 0 Å². The second-order valence-electron chi connectivity index (χ2n) is 6.36. The number of halogens is 1. The van der Waals surface area contributed by atoms with E-state index in [-0.39, 0.29) is 42.7 Å². The molecule has 0 spiro atoms. The molecule has 0 radical (unpaired) electrons. The van der Waals surface area contributed by atoms with Crippen LogP contribution in [-0.2, 0) is 9.59 Å². The Kier molecular flexibility index (Phi) is 7.45. The van der Waals surface area contributed by atoms with Gasteiger partial charge in [0, 0.05) is 10.9 Å². The summed E-state index contributed by atoms with van der Waals surface area (Å²) in [6, 6.07) is 6.83. The van der Waals surface area contributed by atoms with Crippen molar-refractivity contribution in [1.82, 2.24) is 10.6 Å². The number of fused-ring (bicyclic) bond motifs is 1. The van der Waals surface area contributed by atoms with Crippen molar-refractivity contribution in [3.8, 4) is 0 Å². The van der Waals surface area contributed by atoms with Crippen LogP contribution in [0.15, 0.2) is 28.7 Å². The largest absolute Gasteiger partial charge is 0.459 e. The number of hydrogen-bond donors (Lipinski definition) is 3. The first-order chi connectivity index (χ1) is 11.3. The lowest BCUT2D eigenvalue weighted by Gasteiger charge is -2.16. The van der Waals surface area contributed by atoms with Crippen molar-refractivity contribution in [3.05, 3.63) is 35.6 Å². The van der Waals surface area contributed by atoms with Gasteiger partial charge in [-0.2, -0.15) is 0 Å². The Balaban J connectivity index is 0.00000312. The molecule has 2 atom stereocenters. The van der Waals surface area contributed by atoms with Crippen molar-refractivity contribution < 1.29 is 14.0 Å². The number of rotatable bonds is 6. The van der Waals surface area contributed by atoms with Gasteiger partial charge in [0.1, 0.15) is 11.3 Å². The highest BCUT2D eigenvalue weighted by Crippen LogP contribution is 2.28. The second kappa shape index (κ2) is 8.87. The van der Waals surface area contributed by atoms with Crippen molar-refractivity contribution in [2.75, 3.05) is 6.54 Å². The van der Waals surface area contributed by atoms with Gasteiger partial charge in [-0.1, -0.05) is 32.0 Å². The van der Waals surface area contributed by atoms with E-state index in [0.29, 0.717) is 0 Å². The zero-order valence-electron chi connectivity index (χ0n) is 15.0. The van der Waals surface area contributed by atoms with Gasteiger partial charge in [0.15, 0.2) is 0 Å². The number of furan rings is 1. The lowest BCUT2D eigenvalue weighted by atomic mass is 10.1. The Morgan fingerprint density at radius 1 is 1.20 bits per heavy atom. The average Bonchev–Trinajstić information content (AvgIpc) is 2.89. The Morgan fingerprint density at radius 2 is 1.84 bits per heavy atom. The Labute approximate surface area is 153 Å². The fourth-order valence-corrected chi connectivity index (χ4v) is 2.55. The number of nitrogens with one attached hydrogen (secondary N) is 2. The van der Waals surface area contributed by atoms with Crippen molar-refractivity contribution in [2.24, 2.45) is 11.7 Å². The van der Waals surface area contributed by atoms with Crippen LogP contribution in [-0.4, -0.2) is 24.4 Å². The molecule has 2 rings (SSSR count). The third kappa shape index (κ3) is 4.96. The maximum atomic E-state index is 12.0. The van der Waals surface area contributed by atoms with Gasteiger partial charge in [0.05, 0.1) is 18.6 Å². The van der Waals surface area contributed by atoms with E-state index in [2.05, 4.69) is 10.6 Å². The molecule has 0 aliphatic carbocycles. The van der Waals surface area contributed by atoms with Crippen molar-refractivity contribution in [1.29, 1.82) is 0 Å². The minimum Gasteiger partial charge on any atom is -0.459 e. The number of nitrogens with two attached hydrogens (primary N) is 1. The first-order valence-electron chi connectivity index (χ1n) is 8.12. The number of para-hydroxylation sites is 1. The summed E-state index contributed by atoms with van der Waals surface area (Å²) >= 11 is 0. The molecule has 2 amide bonds. The molecule has 1 aromatic heterocycles. The van der Waals surface area contributed by atoms with E-state index < -0.39 is 6.04 Å². The zero-order valence-corrected chi connectivity index (χ0v) is 15.8. The minimum absolute atomic E-state index is 0. The first kappa shape index (κ1) is 21.0. The predicted octanol–water partition coefficient (Wildman–Crippen LogP) is 2.44. The van der Waals surface area contributed by atoms with Crippen LogP contribution < -0.4 is 16.4 Å². The molecule has 0 bridgehead atoms. The van der Waals surface area contributed by atoms with Gasteiger partial charge in [-0.05, 0) is 25.8 Å². The quantitative estimate of drug-likeness (QED) is 0.730. The molecule has 0 saturated heterocycles. The highest BCUT2D eigenvalue weighted by atomic mass is 35.5. The SMILES string of the molecule is Cc1c(C(C)NC(=O)CNC(=O)[C@@H](N)C(C)C)oc2ccccc12.Cl. The topological polar surface area (TPSA) is 97.4 Å². The van der Waals surface area contributed by atoms with Gasteiger partial charge in [0.25, 0.3) is 0 Å². The number of aryl methyl sites for hydroxylation is 1. The van der Waals surface area contributed by atoms with Gasteiger partial charge < -0.3 is 20.8 Å². The molecule has 2 aromatic rings. The summed E-state index contributed by atoms with van der Waals surface area (Å²) in [6.07, 6.45) is 0. The van der Waals surface area contributed by atoms with Crippen LogP contribution in [0.2, 0.25) is 0 Å². The number of carbonyl (C=O) groups excluding carboxylic acids is 2. The fraction of sp³-hybridized carbons (Fsp3) is 0.444. The molecule has 7 heteroatoms. The number of carbonyl (C=O) groups is 2. The van der Waals surface area contributed by atoms with Crippen LogP contribution in [0, 0.1) is 12.8 Å². The molecule has 0 aliphatic heterocycles. The molecule has 1 unspecified atom stereocenters. The van der Waals surface area contributed by atoms with Crippen molar-refractivity contribution in [3.63, 3.8) is 0 Å². The molecule has 0 aliphatic rings. The van der Waals surface area contributed by atoms with E-state index in [4.69, 9.17) is 10.2 Å². The maximum absolute atomic E-state index is 12.0. The molecule has 4 N–H and O–H groups in total. The lowest BCUT2D eigenvalue weighted by Crippen LogP contribution is -2.47. The van der Waals surface area contributed by atoms with E-state index in [1.807, 2.05) is 52.0 Å². The van der Waals surface area contributed by atoms with E-state index in [0.717, 1.165) is 22.3 Å². The predicted molar refractivity (Wildman–Crippen MR) is 101 cm³/mol. The van der Waals surface area contributed by atoms with Gasteiger partial charge >= 0.3 is 0 Å². The molecular formula is C18H26ClN3O3. The second-order valence-corrected chi connectivity index (χ2v) is 6.36. The van der Waals surface area contributed by atoms with E-state index >= 15 is 0 Å². The fourth-order valence-electron chi connectivity index (χ4n) is 2.55. The maximum Gasteiger partial charge on any atom is 0.239 e. The smallest absolute Gasteiger partial charge is 0.239 e. The minimum atomic E-state index is -0.618. The van der Waals surface area contributed by atoms with Crippen molar-refractivity contribution in [2.45, 2.75) is 39.8 Å². The van der Waals surface area contributed by atoms with Crippen LogP contribution in [0.25, 0.3) is 11.0 Å². The van der Waals surface area contributed by atoms with Gasteiger partial charge in [0.2, 0.25) is 11.8 Å². The number of benzene rings is 1. The van der Waals surface area contributed by atoms with E-state index in [1.165, 1.54) is 0 Å². The Morgan fingerprint density at radius 3 is 2.44 bits per heavy atom. The molecule has 6 nitrogen and oxygen atoms in total. The molecule has 0 fully saturated rings. The molecule has 25 heavy (non-hydrogen) atoms. The standard InChI is InChI=1S/C18H25N3O3.ClH/c1-10(2)16(19)18(23)20-9-15(22)21-12(4)17-11(3)13-7-5-6-8-14(13)24-17;/h5-8,10,12,16H,9,19H2,1-4H3,(H,20,23)(H,21,22);1H/t12?,16-;/m0./s1. The lowest BCUT2D eigenvalue weighted by molar-refractivity contribution is -0.127. The summed E-state index contributed by atoms with van der Waals surface area (Å²) < 4.78 is 5.83. The summed E-state index contributed by atoms with van der Waals surface area (Å²) in [4.78, 5) is 23.8. The van der Waals surface area contributed by atoms with Crippen LogP contribution in [0.4, 0.5) is 0 Å². The monoisotopic (exact) mass is 367 g/mol. The third-order valence-corrected chi connectivity index (χ3v) is 4.10. The summed E-state index contributed by atoms with van der Waals surface area (Å²) in [5, 5.41) is 6.42. The van der Waals surface area contributed by atoms with Crippen LogP contribution in [0.5, 0.6) is 0 Å². The van der Waals surface area contributed by atoms with Gasteiger partial charge in [-0.3, -0.25) is 9.59 Å². The highest BCUT2D eigenvalue weighted by Gasteiger charge is 2.20. The van der Waals surface area contributed by atoms with Crippen molar-refractivity contribution >= 4 is 35.2 Å².